The number of aliphatic hydroxyl groups excluding tert-OH is 2. The largest absolute Gasteiger partial charge is 0.394 e. The normalized spacial score (nSPS) is 12.2. The number of anilines is 2. The number of hydrogen-bond acceptors (Lipinski definition) is 5. The van der Waals surface area contributed by atoms with Crippen molar-refractivity contribution in [1.82, 2.24) is 15.1 Å². The molecule has 0 aliphatic carbocycles. The Morgan fingerprint density at radius 1 is 1.08 bits per heavy atom. The zero-order chi connectivity index (χ0) is 26.5. The average Bonchev–Trinajstić information content (AvgIpc) is 3.25. The molecule has 5 N–H and O–H groups in total. The number of rotatable bonds is 8. The van der Waals surface area contributed by atoms with Crippen LogP contribution in [0.1, 0.15) is 32.0 Å². The van der Waals surface area contributed by atoms with E-state index in [1.54, 1.807) is 47.1 Å². The van der Waals surface area contributed by atoms with Crippen LogP contribution in [0.15, 0.2) is 48.5 Å². The van der Waals surface area contributed by atoms with Gasteiger partial charge in [-0.2, -0.15) is 5.10 Å². The van der Waals surface area contributed by atoms with Gasteiger partial charge in [-0.1, -0.05) is 62.2 Å². The van der Waals surface area contributed by atoms with Gasteiger partial charge in [-0.25, -0.2) is 9.48 Å². The highest BCUT2D eigenvalue weighted by Crippen LogP contribution is 2.30. The quantitative estimate of drug-likeness (QED) is 0.297. The Bertz CT molecular complexity index is 1240. The zero-order valence-electron chi connectivity index (χ0n) is 20.2. The molecule has 0 unspecified atom stereocenters. The van der Waals surface area contributed by atoms with Crippen LogP contribution in [-0.2, 0) is 16.6 Å². The van der Waals surface area contributed by atoms with Crippen molar-refractivity contribution in [3.05, 3.63) is 69.8 Å². The van der Waals surface area contributed by atoms with Crippen molar-refractivity contribution in [2.24, 2.45) is 0 Å². The number of benzene rings is 2. The maximum absolute atomic E-state index is 12.8. The van der Waals surface area contributed by atoms with Crippen molar-refractivity contribution in [3.63, 3.8) is 0 Å². The maximum atomic E-state index is 12.8. The summed E-state index contributed by atoms with van der Waals surface area (Å²) in [6.07, 6.45) is -0.947. The third-order valence-corrected chi connectivity index (χ3v) is 6.00. The number of nitrogens with zero attached hydrogens (tertiary/aromatic N) is 2. The van der Waals surface area contributed by atoms with Gasteiger partial charge in [0.25, 0.3) is 0 Å². The van der Waals surface area contributed by atoms with Gasteiger partial charge < -0.3 is 20.8 Å². The summed E-state index contributed by atoms with van der Waals surface area (Å²) < 4.78 is 1.59. The van der Waals surface area contributed by atoms with Gasteiger partial charge in [0.15, 0.2) is 0 Å². The molecular weight excluding hydrogens is 505 g/mol. The van der Waals surface area contributed by atoms with Crippen LogP contribution in [0, 0.1) is 0 Å². The minimum atomic E-state index is -1.01. The van der Waals surface area contributed by atoms with Crippen molar-refractivity contribution in [3.8, 4) is 5.69 Å². The Morgan fingerprint density at radius 3 is 2.50 bits per heavy atom. The second kappa shape index (κ2) is 11.7. The minimum absolute atomic E-state index is 0.0387. The Hall–Kier alpha value is -3.11. The van der Waals surface area contributed by atoms with E-state index in [1.807, 2.05) is 26.8 Å². The van der Waals surface area contributed by atoms with Crippen molar-refractivity contribution >= 4 is 46.6 Å². The first-order valence-electron chi connectivity index (χ1n) is 11.3. The van der Waals surface area contributed by atoms with Crippen molar-refractivity contribution in [2.75, 3.05) is 23.8 Å². The minimum Gasteiger partial charge on any atom is -0.394 e. The molecule has 0 aliphatic heterocycles. The molecule has 2 aromatic carbocycles. The summed E-state index contributed by atoms with van der Waals surface area (Å²) >= 11 is 12.2. The molecule has 0 bridgehead atoms. The van der Waals surface area contributed by atoms with Gasteiger partial charge in [-0.3, -0.25) is 10.1 Å². The smallest absolute Gasteiger partial charge is 0.324 e. The molecule has 1 aromatic heterocycles. The van der Waals surface area contributed by atoms with E-state index in [0.29, 0.717) is 27.8 Å². The number of nitrogens with one attached hydrogen (secondary N) is 3. The summed E-state index contributed by atoms with van der Waals surface area (Å²) in [4.78, 5) is 25.0. The first-order valence-corrected chi connectivity index (χ1v) is 12.0. The average molecular weight is 534 g/mol. The predicted molar refractivity (Wildman–Crippen MR) is 141 cm³/mol. The Labute approximate surface area is 219 Å². The van der Waals surface area contributed by atoms with E-state index in [2.05, 4.69) is 16.0 Å². The van der Waals surface area contributed by atoms with Crippen LogP contribution in [0.2, 0.25) is 10.0 Å². The lowest BCUT2D eigenvalue weighted by Crippen LogP contribution is -2.34. The molecule has 1 heterocycles. The van der Waals surface area contributed by atoms with Crippen molar-refractivity contribution in [1.29, 1.82) is 0 Å². The van der Waals surface area contributed by atoms with Crippen molar-refractivity contribution < 1.29 is 19.8 Å². The number of urea groups is 1. The molecule has 0 saturated carbocycles. The van der Waals surface area contributed by atoms with Gasteiger partial charge in [0.2, 0.25) is 5.91 Å². The molecule has 0 spiro atoms. The van der Waals surface area contributed by atoms with Crippen LogP contribution in [0.4, 0.5) is 16.3 Å². The van der Waals surface area contributed by atoms with Gasteiger partial charge in [0.05, 0.1) is 46.2 Å². The van der Waals surface area contributed by atoms with Gasteiger partial charge in [0, 0.05) is 18.0 Å². The number of aromatic nitrogens is 2. The third kappa shape index (κ3) is 7.20. The highest BCUT2D eigenvalue weighted by atomic mass is 35.5. The lowest BCUT2D eigenvalue weighted by atomic mass is 9.92. The van der Waals surface area contributed by atoms with Crippen LogP contribution in [-0.4, -0.2) is 51.2 Å². The Morgan fingerprint density at radius 2 is 1.81 bits per heavy atom. The SMILES string of the molecule is CC(C)(C)c1cc(NC(=O)Nc2cccc(Cl)c2Cl)n(-c2cccc(CC(=O)NC[C@H](O)CO)c2)n1. The standard InChI is InChI=1S/C25H29Cl2N5O4/c1-25(2,3)20-12-21(30-24(36)29-19-9-5-8-18(26)23(19)27)32(31-20)16-7-4-6-15(10-16)11-22(35)28-13-17(34)14-33/h4-10,12,17,33-34H,11,13-14H2,1-3H3,(H,28,35)(H2,29,30,36)/t17-/m0/s1. The highest BCUT2D eigenvalue weighted by Gasteiger charge is 2.22. The first-order chi connectivity index (χ1) is 17.0. The molecule has 9 nitrogen and oxygen atoms in total. The van der Waals surface area contributed by atoms with Crippen LogP contribution in [0.25, 0.3) is 5.69 Å². The number of aliphatic hydroxyl groups is 2. The number of hydrogen-bond donors (Lipinski definition) is 5. The molecule has 0 aliphatic rings. The van der Waals surface area contributed by atoms with E-state index in [9.17, 15) is 14.7 Å². The van der Waals surface area contributed by atoms with Gasteiger partial charge in [-0.05, 0) is 29.8 Å². The van der Waals surface area contributed by atoms with E-state index in [4.69, 9.17) is 33.4 Å². The van der Waals surface area contributed by atoms with E-state index in [1.165, 1.54) is 0 Å². The second-order valence-corrected chi connectivity index (χ2v) is 10.0. The first kappa shape index (κ1) is 27.5. The molecule has 1 atom stereocenters. The summed E-state index contributed by atoms with van der Waals surface area (Å²) in [7, 11) is 0. The van der Waals surface area contributed by atoms with Crippen LogP contribution < -0.4 is 16.0 Å². The molecule has 36 heavy (non-hydrogen) atoms. The lowest BCUT2D eigenvalue weighted by molar-refractivity contribution is -0.121. The molecular formula is C25H29Cl2N5O4. The molecule has 11 heteroatoms. The number of halogens is 2. The topological polar surface area (TPSA) is 129 Å². The number of carbonyl (C=O) groups is 2. The Kier molecular flexibility index (Phi) is 8.97. The molecule has 0 radical (unpaired) electrons. The fourth-order valence-corrected chi connectivity index (χ4v) is 3.59. The molecule has 0 fully saturated rings. The lowest BCUT2D eigenvalue weighted by Gasteiger charge is -2.14. The van der Waals surface area contributed by atoms with Crippen LogP contribution in [0.5, 0.6) is 0 Å². The number of amides is 3. The fourth-order valence-electron chi connectivity index (χ4n) is 3.25. The highest BCUT2D eigenvalue weighted by molar-refractivity contribution is 6.44. The fraction of sp³-hybridized carbons (Fsp3) is 0.320. The summed E-state index contributed by atoms with van der Waals surface area (Å²) in [6.45, 7) is 5.56. The molecule has 0 saturated heterocycles. The molecule has 3 aromatic rings. The summed E-state index contributed by atoms with van der Waals surface area (Å²) in [5.74, 6) is 0.120. The predicted octanol–water partition coefficient (Wildman–Crippen LogP) is 4.13. The van der Waals surface area contributed by atoms with Gasteiger partial charge in [-0.15, -0.1) is 0 Å². The molecule has 3 rings (SSSR count). The van der Waals surface area contributed by atoms with Gasteiger partial charge in [0.1, 0.15) is 5.82 Å². The van der Waals surface area contributed by atoms with Gasteiger partial charge >= 0.3 is 6.03 Å². The zero-order valence-corrected chi connectivity index (χ0v) is 21.7. The summed E-state index contributed by atoms with van der Waals surface area (Å²) in [5.41, 5.74) is 2.17. The Balaban J connectivity index is 1.84. The monoisotopic (exact) mass is 533 g/mol. The van der Waals surface area contributed by atoms with Crippen LogP contribution in [0.3, 0.4) is 0 Å². The van der Waals surface area contributed by atoms with E-state index in [0.717, 1.165) is 5.69 Å². The third-order valence-electron chi connectivity index (χ3n) is 5.18. The summed E-state index contributed by atoms with van der Waals surface area (Å²) in [5, 5.41) is 31.7. The maximum Gasteiger partial charge on any atom is 0.324 e. The second-order valence-electron chi connectivity index (χ2n) is 9.24. The van der Waals surface area contributed by atoms with E-state index >= 15 is 0 Å². The van der Waals surface area contributed by atoms with Crippen molar-refractivity contribution in [2.45, 2.75) is 38.7 Å². The number of carbonyl (C=O) groups excluding carboxylic acids is 2. The van der Waals surface area contributed by atoms with Crippen LogP contribution >= 0.6 is 23.2 Å². The molecule has 3 amide bonds. The molecule has 192 valence electrons. The van der Waals surface area contributed by atoms with E-state index < -0.39 is 18.7 Å². The summed E-state index contributed by atoms with van der Waals surface area (Å²) in [6, 6.07) is 13.4. The van der Waals surface area contributed by atoms with E-state index in [-0.39, 0.29) is 29.3 Å².